The summed E-state index contributed by atoms with van der Waals surface area (Å²) in [5.74, 6) is -3.28. The number of hydrogen-bond donors (Lipinski definition) is 0. The van der Waals surface area contributed by atoms with E-state index in [1.807, 2.05) is 0 Å². The first-order valence-corrected chi connectivity index (χ1v) is 9.28. The van der Waals surface area contributed by atoms with Gasteiger partial charge in [0.25, 0.3) is 11.8 Å². The van der Waals surface area contributed by atoms with E-state index in [1.54, 1.807) is 14.2 Å². The van der Waals surface area contributed by atoms with Gasteiger partial charge in [-0.15, -0.1) is 5.06 Å². The summed E-state index contributed by atoms with van der Waals surface area (Å²) in [6, 6.07) is 0. The largest absolute Gasteiger partial charge is 0.385 e. The molecule has 28 heavy (non-hydrogen) atoms. The summed E-state index contributed by atoms with van der Waals surface area (Å²) in [7, 11) is 3.10. The molecule has 0 aromatic heterocycles. The van der Waals surface area contributed by atoms with Crippen molar-refractivity contribution >= 4 is 29.6 Å². The number of carbonyl (C=O) groups excluding carboxylic acids is 5. The number of rotatable bonds is 13. The maximum absolute atomic E-state index is 12.4. The molecule has 1 aliphatic heterocycles. The zero-order valence-corrected chi connectivity index (χ0v) is 16.4. The molecule has 0 radical (unpaired) electrons. The first-order valence-electron chi connectivity index (χ1n) is 9.28. The Kier molecular flexibility index (Phi) is 11.0. The van der Waals surface area contributed by atoms with E-state index >= 15 is 0 Å². The highest BCUT2D eigenvalue weighted by Gasteiger charge is 2.34. The van der Waals surface area contributed by atoms with Crippen molar-refractivity contribution in [2.75, 3.05) is 34.0 Å². The van der Waals surface area contributed by atoms with Crippen molar-refractivity contribution in [2.24, 2.45) is 0 Å². The third-order valence-corrected chi connectivity index (χ3v) is 4.07. The van der Waals surface area contributed by atoms with E-state index in [-0.39, 0.29) is 25.7 Å². The summed E-state index contributed by atoms with van der Waals surface area (Å²) in [6.07, 6.45) is 2.35. The zero-order chi connectivity index (χ0) is 20.9. The van der Waals surface area contributed by atoms with Gasteiger partial charge in [-0.1, -0.05) is 0 Å². The SMILES string of the molecule is COCCCCC(=O)N(CC(=O)ON1C(=O)CCC1=O)C(=O)CCCCOC. The lowest BCUT2D eigenvalue weighted by Crippen LogP contribution is -2.43. The Labute approximate surface area is 164 Å². The molecule has 4 amide bonds. The van der Waals surface area contributed by atoms with Crippen LogP contribution in [0.3, 0.4) is 0 Å². The average Bonchev–Trinajstić information content (AvgIpc) is 2.98. The molecule has 10 heteroatoms. The predicted molar refractivity (Wildman–Crippen MR) is 95.4 cm³/mol. The van der Waals surface area contributed by atoms with Gasteiger partial charge in [0.1, 0.15) is 6.54 Å². The van der Waals surface area contributed by atoms with Crippen LogP contribution in [0.2, 0.25) is 0 Å². The van der Waals surface area contributed by atoms with E-state index in [0.29, 0.717) is 44.0 Å². The molecular formula is C18H28N2O8. The highest BCUT2D eigenvalue weighted by molar-refractivity contribution is 6.02. The van der Waals surface area contributed by atoms with E-state index in [9.17, 15) is 24.0 Å². The molecule has 0 saturated carbocycles. The zero-order valence-electron chi connectivity index (χ0n) is 16.4. The van der Waals surface area contributed by atoms with Gasteiger partial charge in [-0.2, -0.15) is 0 Å². The van der Waals surface area contributed by atoms with Crippen LogP contribution < -0.4 is 0 Å². The van der Waals surface area contributed by atoms with Crippen LogP contribution >= 0.6 is 0 Å². The van der Waals surface area contributed by atoms with Gasteiger partial charge < -0.3 is 14.3 Å². The molecule has 1 aliphatic rings. The van der Waals surface area contributed by atoms with Crippen LogP contribution in [0.25, 0.3) is 0 Å². The molecule has 1 fully saturated rings. The normalized spacial score (nSPS) is 13.7. The van der Waals surface area contributed by atoms with E-state index < -0.39 is 36.1 Å². The molecule has 0 unspecified atom stereocenters. The third-order valence-electron chi connectivity index (χ3n) is 4.07. The minimum Gasteiger partial charge on any atom is -0.385 e. The Morgan fingerprint density at radius 1 is 0.857 bits per heavy atom. The molecule has 0 aliphatic carbocycles. The highest BCUT2D eigenvalue weighted by Crippen LogP contribution is 2.13. The Bertz CT molecular complexity index is 538. The van der Waals surface area contributed by atoms with Gasteiger partial charge in [-0.05, 0) is 25.7 Å². The fourth-order valence-corrected chi connectivity index (χ4v) is 2.55. The van der Waals surface area contributed by atoms with Crippen LogP contribution in [0.4, 0.5) is 0 Å². The number of ether oxygens (including phenoxy) is 2. The van der Waals surface area contributed by atoms with Gasteiger partial charge in [-0.25, -0.2) is 4.79 Å². The minimum absolute atomic E-state index is 0.0350. The van der Waals surface area contributed by atoms with Crippen LogP contribution in [-0.4, -0.2) is 73.5 Å². The van der Waals surface area contributed by atoms with Crippen molar-refractivity contribution in [3.8, 4) is 0 Å². The Hall–Kier alpha value is -2.33. The second-order valence-electron chi connectivity index (χ2n) is 6.32. The van der Waals surface area contributed by atoms with Crippen molar-refractivity contribution in [1.29, 1.82) is 0 Å². The lowest BCUT2D eigenvalue weighted by atomic mass is 10.2. The lowest BCUT2D eigenvalue weighted by Gasteiger charge is -2.21. The highest BCUT2D eigenvalue weighted by atomic mass is 16.7. The fourth-order valence-electron chi connectivity index (χ4n) is 2.55. The van der Waals surface area contributed by atoms with Crippen LogP contribution in [0.1, 0.15) is 51.4 Å². The summed E-state index contributed by atoms with van der Waals surface area (Å²) in [5, 5.41) is 0.395. The minimum atomic E-state index is -1.01. The van der Waals surface area contributed by atoms with Crippen molar-refractivity contribution in [3.63, 3.8) is 0 Å². The van der Waals surface area contributed by atoms with Crippen LogP contribution in [0.15, 0.2) is 0 Å². The summed E-state index contributed by atoms with van der Waals surface area (Å²) < 4.78 is 9.84. The molecule has 10 nitrogen and oxygen atoms in total. The average molecular weight is 400 g/mol. The Morgan fingerprint density at radius 2 is 1.32 bits per heavy atom. The number of imide groups is 2. The van der Waals surface area contributed by atoms with Gasteiger partial charge in [0.2, 0.25) is 11.8 Å². The molecule has 0 atom stereocenters. The summed E-state index contributed by atoms with van der Waals surface area (Å²) in [6.45, 7) is 0.322. The van der Waals surface area contributed by atoms with Crippen molar-refractivity contribution < 1.29 is 38.3 Å². The van der Waals surface area contributed by atoms with Crippen LogP contribution in [0.5, 0.6) is 0 Å². The van der Waals surface area contributed by atoms with Crippen LogP contribution in [0, 0.1) is 0 Å². The van der Waals surface area contributed by atoms with E-state index in [0.717, 1.165) is 4.90 Å². The van der Waals surface area contributed by atoms with Crippen molar-refractivity contribution in [3.05, 3.63) is 0 Å². The number of carbonyl (C=O) groups is 5. The topological polar surface area (TPSA) is 120 Å². The molecule has 158 valence electrons. The van der Waals surface area contributed by atoms with E-state index in [2.05, 4.69) is 0 Å². The monoisotopic (exact) mass is 400 g/mol. The number of nitrogens with zero attached hydrogens (tertiary/aromatic N) is 2. The van der Waals surface area contributed by atoms with E-state index in [4.69, 9.17) is 14.3 Å². The van der Waals surface area contributed by atoms with E-state index in [1.165, 1.54) is 0 Å². The molecule has 1 saturated heterocycles. The smallest absolute Gasteiger partial charge is 0.352 e. The second kappa shape index (κ2) is 12.9. The maximum Gasteiger partial charge on any atom is 0.352 e. The number of amides is 4. The molecule has 0 N–H and O–H groups in total. The third kappa shape index (κ3) is 8.13. The number of unbranched alkanes of at least 4 members (excludes halogenated alkanes) is 2. The summed E-state index contributed by atoms with van der Waals surface area (Å²) in [5.41, 5.74) is 0. The quantitative estimate of drug-likeness (QED) is 0.325. The molecule has 0 aromatic carbocycles. The Morgan fingerprint density at radius 3 is 1.75 bits per heavy atom. The predicted octanol–water partition coefficient (Wildman–Crippen LogP) is 0.582. The van der Waals surface area contributed by atoms with Gasteiger partial charge >= 0.3 is 5.97 Å². The van der Waals surface area contributed by atoms with Crippen LogP contribution in [-0.2, 0) is 38.3 Å². The molecule has 0 bridgehead atoms. The first-order chi connectivity index (χ1) is 13.4. The molecule has 1 heterocycles. The van der Waals surface area contributed by atoms with Gasteiger partial charge in [0, 0.05) is 53.1 Å². The van der Waals surface area contributed by atoms with Gasteiger partial charge in [0.05, 0.1) is 0 Å². The molecule has 0 aromatic rings. The molecule has 0 spiro atoms. The Balaban J connectivity index is 2.65. The fraction of sp³-hybridized carbons (Fsp3) is 0.722. The second-order valence-corrected chi connectivity index (χ2v) is 6.32. The molecule has 1 rings (SSSR count). The number of methoxy groups -OCH3 is 2. The lowest BCUT2D eigenvalue weighted by molar-refractivity contribution is -0.198. The standard InChI is InChI=1S/C18H28N2O8/c1-26-11-5-3-7-14(21)19(15(22)8-4-6-12-27-2)13-18(25)28-20-16(23)9-10-17(20)24/h3-13H2,1-2H3. The first kappa shape index (κ1) is 23.7. The van der Waals surface area contributed by atoms with Crippen molar-refractivity contribution in [2.45, 2.75) is 51.4 Å². The summed E-state index contributed by atoms with van der Waals surface area (Å²) >= 11 is 0. The molecular weight excluding hydrogens is 372 g/mol. The van der Waals surface area contributed by atoms with Gasteiger partial charge in [-0.3, -0.25) is 24.1 Å². The number of hydroxylamine groups is 2. The van der Waals surface area contributed by atoms with Gasteiger partial charge in [0.15, 0.2) is 0 Å². The number of hydrogen-bond acceptors (Lipinski definition) is 8. The maximum atomic E-state index is 12.4. The summed E-state index contributed by atoms with van der Waals surface area (Å²) in [4.78, 5) is 65.6. The van der Waals surface area contributed by atoms with Crippen molar-refractivity contribution in [1.82, 2.24) is 9.96 Å².